The van der Waals surface area contributed by atoms with Crippen LogP contribution in [0.5, 0.6) is 0 Å². The van der Waals surface area contributed by atoms with Crippen molar-refractivity contribution in [3.05, 3.63) is 18.1 Å². The average molecular weight is 221 g/mol. The molecule has 0 spiro atoms. The van der Waals surface area contributed by atoms with Crippen LogP contribution in [0.1, 0.15) is 43.1 Å². The van der Waals surface area contributed by atoms with Crippen LogP contribution in [0.3, 0.4) is 0 Å². The Kier molecular flexibility index (Phi) is 2.77. The molecule has 1 aromatic heterocycles. The number of nitrogens with one attached hydrogen (secondary N) is 1. The Bertz CT molecular complexity index is 396. The molecule has 0 aliphatic heterocycles. The van der Waals surface area contributed by atoms with Gasteiger partial charge in [-0.2, -0.15) is 0 Å². The molecular weight excluding hydrogens is 206 g/mol. The normalized spacial score (nSPS) is 17.6. The van der Waals surface area contributed by atoms with Gasteiger partial charge in [-0.1, -0.05) is 6.92 Å². The van der Waals surface area contributed by atoms with Gasteiger partial charge in [0, 0.05) is 17.9 Å². The van der Waals surface area contributed by atoms with Gasteiger partial charge in [0.15, 0.2) is 11.5 Å². The average Bonchev–Trinajstić information content (AvgIpc) is 2.24. The number of nitrogens with zero attached hydrogens (tertiary/aromatic N) is 2. The van der Waals surface area contributed by atoms with Crippen LogP contribution in [0.4, 0.5) is 5.82 Å². The van der Waals surface area contributed by atoms with Crippen molar-refractivity contribution in [1.82, 2.24) is 9.97 Å². The van der Waals surface area contributed by atoms with Crippen molar-refractivity contribution in [2.24, 2.45) is 0 Å². The minimum atomic E-state index is -1.04. The lowest BCUT2D eigenvalue weighted by molar-refractivity contribution is 0.0691. The van der Waals surface area contributed by atoms with Gasteiger partial charge in [-0.15, -0.1) is 0 Å². The summed E-state index contributed by atoms with van der Waals surface area (Å²) in [5, 5.41) is 12.2. The Morgan fingerprint density at radius 2 is 2.19 bits per heavy atom. The third-order valence-electron chi connectivity index (χ3n) is 3.27. The van der Waals surface area contributed by atoms with E-state index in [1.165, 1.54) is 18.8 Å². The van der Waals surface area contributed by atoms with E-state index in [2.05, 4.69) is 22.2 Å². The molecule has 0 radical (unpaired) electrons. The van der Waals surface area contributed by atoms with Crippen molar-refractivity contribution in [2.75, 3.05) is 5.32 Å². The van der Waals surface area contributed by atoms with E-state index in [9.17, 15) is 4.79 Å². The summed E-state index contributed by atoms with van der Waals surface area (Å²) in [7, 11) is 0. The van der Waals surface area contributed by atoms with Gasteiger partial charge in [-0.3, -0.25) is 0 Å². The summed E-state index contributed by atoms with van der Waals surface area (Å²) in [5.41, 5.74) is 0.0301. The lowest BCUT2D eigenvalue weighted by Gasteiger charge is -2.42. The first-order valence-corrected chi connectivity index (χ1v) is 5.49. The number of carbonyl (C=O) groups is 1. The van der Waals surface area contributed by atoms with Crippen LogP contribution >= 0.6 is 0 Å². The molecule has 0 saturated heterocycles. The highest BCUT2D eigenvalue weighted by Crippen LogP contribution is 2.37. The number of carboxylic acid groups (broad SMARTS) is 1. The number of hydrogen-bond donors (Lipinski definition) is 2. The maximum absolute atomic E-state index is 11.0. The highest BCUT2D eigenvalue weighted by atomic mass is 16.4. The van der Waals surface area contributed by atoms with Crippen molar-refractivity contribution in [3.63, 3.8) is 0 Å². The second-order valence-corrected chi connectivity index (χ2v) is 4.17. The Morgan fingerprint density at radius 1 is 1.50 bits per heavy atom. The van der Waals surface area contributed by atoms with Crippen molar-refractivity contribution in [3.8, 4) is 0 Å². The van der Waals surface area contributed by atoms with Crippen molar-refractivity contribution >= 4 is 11.8 Å². The quantitative estimate of drug-likeness (QED) is 0.812. The molecule has 1 aromatic rings. The summed E-state index contributed by atoms with van der Waals surface area (Å²) in [6.45, 7) is 2.10. The van der Waals surface area contributed by atoms with Gasteiger partial charge < -0.3 is 10.4 Å². The number of rotatable bonds is 4. The molecule has 0 atom stereocenters. The van der Waals surface area contributed by atoms with Gasteiger partial charge >= 0.3 is 5.97 Å². The Balaban J connectivity index is 2.23. The number of hydrogen-bond acceptors (Lipinski definition) is 4. The molecule has 16 heavy (non-hydrogen) atoms. The number of carboxylic acids is 1. The van der Waals surface area contributed by atoms with Crippen molar-refractivity contribution in [2.45, 2.75) is 38.1 Å². The first-order valence-electron chi connectivity index (χ1n) is 5.49. The Labute approximate surface area is 93.9 Å². The first kappa shape index (κ1) is 10.9. The maximum atomic E-state index is 11.0. The Hall–Kier alpha value is -1.65. The molecule has 1 aliphatic carbocycles. The summed E-state index contributed by atoms with van der Waals surface area (Å²) in [6.07, 6.45) is 7.20. The molecule has 0 bridgehead atoms. The van der Waals surface area contributed by atoms with E-state index in [-0.39, 0.29) is 11.2 Å². The van der Waals surface area contributed by atoms with Gasteiger partial charge in [0.05, 0.1) is 0 Å². The van der Waals surface area contributed by atoms with E-state index in [0.717, 1.165) is 19.3 Å². The molecule has 1 saturated carbocycles. The third kappa shape index (κ3) is 1.85. The van der Waals surface area contributed by atoms with E-state index in [1.54, 1.807) is 0 Å². The van der Waals surface area contributed by atoms with Crippen LogP contribution in [0.25, 0.3) is 0 Å². The van der Waals surface area contributed by atoms with E-state index < -0.39 is 5.97 Å². The lowest BCUT2D eigenvalue weighted by atomic mass is 9.75. The van der Waals surface area contributed by atoms with Gasteiger partial charge in [0.1, 0.15) is 0 Å². The fourth-order valence-electron chi connectivity index (χ4n) is 2.01. The topological polar surface area (TPSA) is 75.1 Å². The van der Waals surface area contributed by atoms with Gasteiger partial charge in [-0.25, -0.2) is 14.8 Å². The molecule has 5 nitrogen and oxygen atoms in total. The molecule has 0 aromatic carbocycles. The van der Waals surface area contributed by atoms with Crippen molar-refractivity contribution in [1.29, 1.82) is 0 Å². The minimum absolute atomic E-state index is 0.00206. The monoisotopic (exact) mass is 221 g/mol. The minimum Gasteiger partial charge on any atom is -0.476 e. The molecule has 2 rings (SSSR count). The fraction of sp³-hybridized carbons (Fsp3) is 0.545. The molecular formula is C11H15N3O2. The Morgan fingerprint density at radius 3 is 2.69 bits per heavy atom. The molecule has 1 heterocycles. The van der Waals surface area contributed by atoms with Gasteiger partial charge in [0.2, 0.25) is 0 Å². The maximum Gasteiger partial charge on any atom is 0.358 e. The smallest absolute Gasteiger partial charge is 0.358 e. The molecule has 86 valence electrons. The molecule has 1 aliphatic rings. The van der Waals surface area contributed by atoms with Crippen LogP contribution in [0, 0.1) is 0 Å². The zero-order chi connectivity index (χ0) is 11.6. The lowest BCUT2D eigenvalue weighted by Crippen LogP contribution is -2.45. The second-order valence-electron chi connectivity index (χ2n) is 4.17. The van der Waals surface area contributed by atoms with E-state index in [4.69, 9.17) is 5.11 Å². The highest BCUT2D eigenvalue weighted by molar-refractivity contribution is 5.90. The van der Waals surface area contributed by atoms with Crippen LogP contribution in [0.2, 0.25) is 0 Å². The molecule has 0 unspecified atom stereocenters. The number of aromatic carboxylic acids is 1. The third-order valence-corrected chi connectivity index (χ3v) is 3.27. The summed E-state index contributed by atoms with van der Waals surface area (Å²) in [6, 6.07) is 0. The second kappa shape index (κ2) is 4.08. The molecule has 1 fully saturated rings. The van der Waals surface area contributed by atoms with Crippen LogP contribution in [-0.4, -0.2) is 26.6 Å². The van der Waals surface area contributed by atoms with Crippen molar-refractivity contribution < 1.29 is 9.90 Å². The SMILES string of the molecule is CCC1(Nc2nccnc2C(=O)O)CCC1. The number of aromatic nitrogens is 2. The zero-order valence-corrected chi connectivity index (χ0v) is 9.23. The summed E-state index contributed by atoms with van der Waals surface area (Å²) < 4.78 is 0. The van der Waals surface area contributed by atoms with Crippen LogP contribution in [-0.2, 0) is 0 Å². The fourth-order valence-corrected chi connectivity index (χ4v) is 2.01. The predicted octanol–water partition coefficient (Wildman–Crippen LogP) is 1.92. The zero-order valence-electron chi connectivity index (χ0n) is 9.23. The van der Waals surface area contributed by atoms with E-state index >= 15 is 0 Å². The van der Waals surface area contributed by atoms with Gasteiger partial charge in [-0.05, 0) is 25.7 Å². The van der Waals surface area contributed by atoms with Crippen LogP contribution < -0.4 is 5.32 Å². The highest BCUT2D eigenvalue weighted by Gasteiger charge is 2.36. The summed E-state index contributed by atoms with van der Waals surface area (Å²) in [5.74, 6) is -0.655. The summed E-state index contributed by atoms with van der Waals surface area (Å²) in [4.78, 5) is 18.9. The standard InChI is InChI=1S/C11H15N3O2/c1-2-11(4-3-5-11)14-9-8(10(15)16)12-6-7-13-9/h6-7H,2-5H2,1H3,(H,13,14)(H,15,16). The summed E-state index contributed by atoms with van der Waals surface area (Å²) >= 11 is 0. The van der Waals surface area contributed by atoms with Gasteiger partial charge in [0.25, 0.3) is 0 Å². The first-order chi connectivity index (χ1) is 7.67. The molecule has 0 amide bonds. The van der Waals surface area contributed by atoms with E-state index in [0.29, 0.717) is 5.82 Å². The van der Waals surface area contributed by atoms with Crippen LogP contribution in [0.15, 0.2) is 12.4 Å². The van der Waals surface area contributed by atoms with E-state index in [1.807, 2.05) is 0 Å². The molecule has 5 heteroatoms. The molecule has 2 N–H and O–H groups in total. The predicted molar refractivity (Wildman–Crippen MR) is 59.5 cm³/mol. The number of anilines is 1. The largest absolute Gasteiger partial charge is 0.476 e.